The Morgan fingerprint density at radius 2 is 1.59 bits per heavy atom. The van der Waals surface area contributed by atoms with Crippen LogP contribution in [0.25, 0.3) is 0 Å². The van der Waals surface area contributed by atoms with Gasteiger partial charge in [-0.1, -0.05) is 60.5 Å². The molecule has 0 saturated heterocycles. The van der Waals surface area contributed by atoms with Crippen molar-refractivity contribution in [1.82, 2.24) is 10.2 Å². The van der Waals surface area contributed by atoms with Crippen LogP contribution in [0.4, 0.5) is 5.69 Å². The fourth-order valence-corrected chi connectivity index (χ4v) is 5.68. The Hall–Kier alpha value is -3.56. The highest BCUT2D eigenvalue weighted by atomic mass is 35.5. The molecule has 0 aliphatic heterocycles. The summed E-state index contributed by atoms with van der Waals surface area (Å²) in [6, 6.07) is 19.1. The van der Waals surface area contributed by atoms with Crippen LogP contribution in [0.5, 0.6) is 5.75 Å². The molecular formula is C31H38ClN3O5S. The summed E-state index contributed by atoms with van der Waals surface area (Å²) < 4.78 is 34.8. The highest BCUT2D eigenvalue weighted by molar-refractivity contribution is 7.92. The van der Waals surface area contributed by atoms with Gasteiger partial charge in [0.15, 0.2) is 0 Å². The molecule has 0 fully saturated rings. The number of carbonyl (C=O) groups is 2. The van der Waals surface area contributed by atoms with Gasteiger partial charge in [0.05, 0.1) is 17.2 Å². The van der Waals surface area contributed by atoms with Gasteiger partial charge in [0.2, 0.25) is 11.8 Å². The first kappa shape index (κ1) is 32.0. The van der Waals surface area contributed by atoms with Gasteiger partial charge in [0, 0.05) is 17.6 Å². The molecule has 0 aliphatic carbocycles. The Bertz CT molecular complexity index is 1430. The van der Waals surface area contributed by atoms with Gasteiger partial charge in [-0.2, -0.15) is 0 Å². The Kier molecular flexibility index (Phi) is 11.2. The first-order valence-electron chi connectivity index (χ1n) is 13.6. The average molecular weight is 600 g/mol. The molecule has 0 heterocycles. The van der Waals surface area contributed by atoms with E-state index in [2.05, 4.69) is 5.32 Å². The van der Waals surface area contributed by atoms with Crippen molar-refractivity contribution >= 4 is 39.1 Å². The van der Waals surface area contributed by atoms with E-state index in [1.807, 2.05) is 45.0 Å². The Morgan fingerprint density at radius 3 is 2.20 bits per heavy atom. The zero-order valence-corrected chi connectivity index (χ0v) is 25.7. The Balaban J connectivity index is 2.07. The monoisotopic (exact) mass is 599 g/mol. The van der Waals surface area contributed by atoms with Crippen molar-refractivity contribution in [2.24, 2.45) is 0 Å². The lowest BCUT2D eigenvalue weighted by atomic mass is 10.1. The molecule has 2 unspecified atom stereocenters. The minimum absolute atomic E-state index is 0.0337. The first-order chi connectivity index (χ1) is 19.5. The fraction of sp³-hybridized carbons (Fsp3) is 0.355. The maximum absolute atomic E-state index is 14.1. The van der Waals surface area contributed by atoms with Crippen LogP contribution in [0, 0.1) is 6.92 Å². The largest absolute Gasteiger partial charge is 0.492 e. The topological polar surface area (TPSA) is 96.0 Å². The van der Waals surface area contributed by atoms with Crippen molar-refractivity contribution in [2.45, 2.75) is 64.6 Å². The summed E-state index contributed by atoms with van der Waals surface area (Å²) >= 11 is 6.02. The maximum Gasteiger partial charge on any atom is 0.264 e. The second-order valence-corrected chi connectivity index (χ2v) is 12.2. The van der Waals surface area contributed by atoms with Crippen molar-refractivity contribution in [1.29, 1.82) is 0 Å². The van der Waals surface area contributed by atoms with Crippen molar-refractivity contribution in [3.63, 3.8) is 0 Å². The van der Waals surface area contributed by atoms with Crippen LogP contribution in [0.2, 0.25) is 5.02 Å². The standard InChI is InChI=1S/C31H38ClN3O5S/c1-6-23(4)33-31(37)24(5)34(20-25-14-12-22(3)13-15-25)30(36)21-35(28-10-8-9-11-29(28)40-7-2)41(38,39)27-18-16-26(32)17-19-27/h8-19,23-24H,6-7,20-21H2,1-5H3,(H,33,37). The normalized spacial score (nSPS) is 12.7. The molecule has 0 aromatic heterocycles. The van der Waals surface area contributed by atoms with Crippen LogP contribution in [0.1, 0.15) is 45.2 Å². The second-order valence-electron chi connectivity index (χ2n) is 9.87. The molecule has 0 aliphatic rings. The van der Waals surface area contributed by atoms with Gasteiger partial charge < -0.3 is 15.0 Å². The highest BCUT2D eigenvalue weighted by Crippen LogP contribution is 2.33. The van der Waals surface area contributed by atoms with E-state index in [9.17, 15) is 18.0 Å². The maximum atomic E-state index is 14.1. The van der Waals surface area contributed by atoms with Gasteiger partial charge in [-0.25, -0.2) is 8.42 Å². The van der Waals surface area contributed by atoms with E-state index in [0.29, 0.717) is 17.4 Å². The number of anilines is 1. The smallest absolute Gasteiger partial charge is 0.264 e. The van der Waals surface area contributed by atoms with Crippen LogP contribution < -0.4 is 14.4 Å². The van der Waals surface area contributed by atoms with Crippen molar-refractivity contribution in [2.75, 3.05) is 17.5 Å². The number of carbonyl (C=O) groups excluding carboxylic acids is 2. The molecular weight excluding hydrogens is 562 g/mol. The number of sulfonamides is 1. The SMILES string of the molecule is CCOc1ccccc1N(CC(=O)N(Cc1ccc(C)cc1)C(C)C(=O)NC(C)CC)S(=O)(=O)c1ccc(Cl)cc1. The van der Waals surface area contributed by atoms with Gasteiger partial charge in [-0.15, -0.1) is 0 Å². The van der Waals surface area contributed by atoms with Gasteiger partial charge in [0.1, 0.15) is 18.3 Å². The van der Waals surface area contributed by atoms with Gasteiger partial charge in [-0.3, -0.25) is 13.9 Å². The van der Waals surface area contributed by atoms with Crippen LogP contribution in [-0.4, -0.2) is 50.4 Å². The summed E-state index contributed by atoms with van der Waals surface area (Å²) in [6.45, 7) is 9.12. The number of benzene rings is 3. The average Bonchev–Trinajstić information content (AvgIpc) is 2.95. The molecule has 8 nitrogen and oxygen atoms in total. The molecule has 3 aromatic carbocycles. The third-order valence-corrected chi connectivity index (χ3v) is 8.78. The Morgan fingerprint density at radius 1 is 0.951 bits per heavy atom. The zero-order valence-electron chi connectivity index (χ0n) is 24.1. The number of halogens is 1. The molecule has 0 spiro atoms. The third kappa shape index (κ3) is 8.24. The predicted octanol–water partition coefficient (Wildman–Crippen LogP) is 5.57. The molecule has 10 heteroatoms. The number of ether oxygens (including phenoxy) is 1. The summed E-state index contributed by atoms with van der Waals surface area (Å²) in [5.41, 5.74) is 2.08. The molecule has 0 radical (unpaired) electrons. The lowest BCUT2D eigenvalue weighted by Gasteiger charge is -2.33. The number of hydrogen-bond donors (Lipinski definition) is 1. The summed E-state index contributed by atoms with van der Waals surface area (Å²) in [7, 11) is -4.24. The number of para-hydroxylation sites is 2. The lowest BCUT2D eigenvalue weighted by molar-refractivity contribution is -0.139. The minimum atomic E-state index is -4.24. The summed E-state index contributed by atoms with van der Waals surface area (Å²) in [4.78, 5) is 28.6. The summed E-state index contributed by atoms with van der Waals surface area (Å²) in [5.74, 6) is -0.546. The molecule has 3 aromatic rings. The van der Waals surface area contributed by atoms with Crippen LogP contribution in [-0.2, 0) is 26.2 Å². The van der Waals surface area contributed by atoms with Crippen molar-refractivity contribution in [3.05, 3.63) is 88.9 Å². The molecule has 0 saturated carbocycles. The molecule has 2 atom stereocenters. The highest BCUT2D eigenvalue weighted by Gasteiger charge is 2.34. The zero-order chi connectivity index (χ0) is 30.2. The van der Waals surface area contributed by atoms with Crippen LogP contribution in [0.15, 0.2) is 77.7 Å². The molecule has 1 N–H and O–H groups in total. The molecule has 2 amide bonds. The van der Waals surface area contributed by atoms with Gasteiger partial charge in [0.25, 0.3) is 10.0 Å². The van der Waals surface area contributed by atoms with E-state index in [4.69, 9.17) is 16.3 Å². The summed E-state index contributed by atoms with van der Waals surface area (Å²) in [6.07, 6.45) is 0.728. The molecule has 0 bridgehead atoms. The minimum Gasteiger partial charge on any atom is -0.492 e. The predicted molar refractivity (Wildman–Crippen MR) is 163 cm³/mol. The molecule has 220 valence electrons. The number of aryl methyl sites for hydroxylation is 1. The van der Waals surface area contributed by atoms with Gasteiger partial charge in [-0.05, 0) is 76.1 Å². The number of rotatable bonds is 13. The van der Waals surface area contributed by atoms with E-state index < -0.39 is 28.5 Å². The summed E-state index contributed by atoms with van der Waals surface area (Å²) in [5, 5.41) is 3.32. The fourth-order valence-electron chi connectivity index (χ4n) is 4.13. The lowest BCUT2D eigenvalue weighted by Crippen LogP contribution is -2.52. The van der Waals surface area contributed by atoms with Crippen molar-refractivity contribution < 1.29 is 22.7 Å². The number of nitrogens with one attached hydrogen (secondary N) is 1. The van der Waals surface area contributed by atoms with E-state index in [0.717, 1.165) is 21.9 Å². The first-order valence-corrected chi connectivity index (χ1v) is 15.4. The Labute approximate surface area is 248 Å². The van der Waals surface area contributed by atoms with Crippen LogP contribution >= 0.6 is 11.6 Å². The van der Waals surface area contributed by atoms with Gasteiger partial charge >= 0.3 is 0 Å². The second kappa shape index (κ2) is 14.4. The van der Waals surface area contributed by atoms with Crippen molar-refractivity contribution in [3.8, 4) is 5.75 Å². The van der Waals surface area contributed by atoms with E-state index in [1.54, 1.807) is 38.1 Å². The third-order valence-electron chi connectivity index (χ3n) is 6.76. The number of nitrogens with zero attached hydrogens (tertiary/aromatic N) is 2. The van der Waals surface area contributed by atoms with E-state index in [-0.39, 0.29) is 29.1 Å². The number of hydrogen-bond acceptors (Lipinski definition) is 5. The van der Waals surface area contributed by atoms with Crippen LogP contribution in [0.3, 0.4) is 0 Å². The molecule has 41 heavy (non-hydrogen) atoms. The number of amides is 2. The quantitative estimate of drug-likeness (QED) is 0.277. The molecule has 3 rings (SSSR count). The van der Waals surface area contributed by atoms with E-state index >= 15 is 0 Å². The van der Waals surface area contributed by atoms with E-state index in [1.165, 1.54) is 29.2 Å².